The van der Waals surface area contributed by atoms with E-state index in [1.165, 1.54) is 0 Å². The molecule has 1 aliphatic rings. The van der Waals surface area contributed by atoms with Gasteiger partial charge in [0.2, 0.25) is 11.8 Å². The summed E-state index contributed by atoms with van der Waals surface area (Å²) in [5, 5.41) is 5.88. The summed E-state index contributed by atoms with van der Waals surface area (Å²) in [5.41, 5.74) is 1.64. The molecule has 1 fully saturated rings. The van der Waals surface area contributed by atoms with Gasteiger partial charge >= 0.3 is 0 Å². The molecular formula is C15H21N3O2. The Morgan fingerprint density at radius 1 is 1.30 bits per heavy atom. The number of anilines is 2. The Hall–Kier alpha value is -1.88. The van der Waals surface area contributed by atoms with Gasteiger partial charge in [0, 0.05) is 30.4 Å². The number of hydrogen-bond acceptors (Lipinski definition) is 3. The standard InChI is InChI=1S/C15H21N3O2/c1-11(2)16-10-14(19)17-12-5-7-13(8-6-12)18-9-3-4-15(18)20/h5-8,11,16H,3-4,9-10H2,1-2H3,(H,17,19). The lowest BCUT2D eigenvalue weighted by Gasteiger charge is -2.16. The number of carbonyl (C=O) groups is 2. The predicted molar refractivity (Wildman–Crippen MR) is 79.8 cm³/mol. The molecule has 20 heavy (non-hydrogen) atoms. The lowest BCUT2D eigenvalue weighted by molar-refractivity contribution is -0.117. The highest BCUT2D eigenvalue weighted by Crippen LogP contribution is 2.22. The number of nitrogens with one attached hydrogen (secondary N) is 2. The van der Waals surface area contributed by atoms with Gasteiger partial charge < -0.3 is 15.5 Å². The molecule has 0 aliphatic carbocycles. The van der Waals surface area contributed by atoms with E-state index in [1.807, 2.05) is 38.1 Å². The highest BCUT2D eigenvalue weighted by Gasteiger charge is 2.21. The van der Waals surface area contributed by atoms with Crippen molar-refractivity contribution < 1.29 is 9.59 Å². The number of nitrogens with zero attached hydrogens (tertiary/aromatic N) is 1. The highest BCUT2D eigenvalue weighted by atomic mass is 16.2. The molecule has 2 amide bonds. The molecule has 2 N–H and O–H groups in total. The molecule has 0 spiro atoms. The van der Waals surface area contributed by atoms with Gasteiger partial charge in [0.1, 0.15) is 0 Å². The SMILES string of the molecule is CC(C)NCC(=O)Nc1ccc(N2CCCC2=O)cc1. The van der Waals surface area contributed by atoms with E-state index in [9.17, 15) is 9.59 Å². The van der Waals surface area contributed by atoms with Gasteiger partial charge in [0.25, 0.3) is 0 Å². The zero-order valence-corrected chi connectivity index (χ0v) is 12.0. The molecule has 1 aliphatic heterocycles. The topological polar surface area (TPSA) is 61.4 Å². The van der Waals surface area contributed by atoms with E-state index in [-0.39, 0.29) is 17.9 Å². The first-order valence-electron chi connectivity index (χ1n) is 7.00. The van der Waals surface area contributed by atoms with Crippen molar-refractivity contribution in [3.05, 3.63) is 24.3 Å². The average Bonchev–Trinajstić information content (AvgIpc) is 2.84. The van der Waals surface area contributed by atoms with Crippen LogP contribution in [0.2, 0.25) is 0 Å². The van der Waals surface area contributed by atoms with Gasteiger partial charge in [0.05, 0.1) is 6.54 Å². The maximum absolute atomic E-state index is 11.7. The zero-order valence-electron chi connectivity index (χ0n) is 12.0. The van der Waals surface area contributed by atoms with E-state index >= 15 is 0 Å². The van der Waals surface area contributed by atoms with Gasteiger partial charge in [-0.3, -0.25) is 9.59 Å². The summed E-state index contributed by atoms with van der Waals surface area (Å²) >= 11 is 0. The van der Waals surface area contributed by atoms with Crippen LogP contribution in [0.4, 0.5) is 11.4 Å². The van der Waals surface area contributed by atoms with E-state index in [4.69, 9.17) is 0 Å². The third-order valence-corrected chi connectivity index (χ3v) is 3.21. The van der Waals surface area contributed by atoms with Gasteiger partial charge in [-0.2, -0.15) is 0 Å². The van der Waals surface area contributed by atoms with E-state index in [2.05, 4.69) is 10.6 Å². The van der Waals surface area contributed by atoms with Crippen LogP contribution in [0.3, 0.4) is 0 Å². The van der Waals surface area contributed by atoms with Crippen molar-refractivity contribution in [1.82, 2.24) is 5.32 Å². The Bertz CT molecular complexity index is 482. The number of hydrogen-bond donors (Lipinski definition) is 2. The second-order valence-corrected chi connectivity index (χ2v) is 5.28. The molecule has 0 radical (unpaired) electrons. The quantitative estimate of drug-likeness (QED) is 0.860. The summed E-state index contributed by atoms with van der Waals surface area (Å²) in [4.78, 5) is 25.1. The van der Waals surface area contributed by atoms with Gasteiger partial charge in [-0.1, -0.05) is 13.8 Å². The van der Waals surface area contributed by atoms with Crippen LogP contribution in [0.5, 0.6) is 0 Å². The van der Waals surface area contributed by atoms with Gasteiger partial charge in [-0.25, -0.2) is 0 Å². The molecule has 1 heterocycles. The lowest BCUT2D eigenvalue weighted by atomic mass is 10.2. The fourth-order valence-corrected chi connectivity index (χ4v) is 2.15. The summed E-state index contributed by atoms with van der Waals surface area (Å²) in [5.74, 6) is 0.103. The highest BCUT2D eigenvalue weighted by molar-refractivity contribution is 5.96. The molecule has 0 bridgehead atoms. The third-order valence-electron chi connectivity index (χ3n) is 3.21. The summed E-state index contributed by atoms with van der Waals surface area (Å²) in [6, 6.07) is 7.68. The van der Waals surface area contributed by atoms with E-state index in [1.54, 1.807) is 4.90 Å². The molecule has 1 aromatic carbocycles. The van der Waals surface area contributed by atoms with Crippen LogP contribution in [0.15, 0.2) is 24.3 Å². The van der Waals surface area contributed by atoms with Crippen molar-refractivity contribution in [3.8, 4) is 0 Å². The van der Waals surface area contributed by atoms with Crippen LogP contribution in [-0.4, -0.2) is 30.9 Å². The largest absolute Gasteiger partial charge is 0.325 e. The Morgan fingerprint density at radius 2 is 2.00 bits per heavy atom. The second kappa shape index (κ2) is 6.52. The summed E-state index contributed by atoms with van der Waals surface area (Å²) < 4.78 is 0. The fourth-order valence-electron chi connectivity index (χ4n) is 2.15. The minimum atomic E-state index is -0.0660. The van der Waals surface area contributed by atoms with E-state index < -0.39 is 0 Å². The first-order valence-corrected chi connectivity index (χ1v) is 7.00. The molecule has 0 aromatic heterocycles. The van der Waals surface area contributed by atoms with Crippen LogP contribution in [-0.2, 0) is 9.59 Å². The van der Waals surface area contributed by atoms with Crippen LogP contribution in [0.25, 0.3) is 0 Å². The molecule has 0 unspecified atom stereocenters. The van der Waals surface area contributed by atoms with Crippen molar-refractivity contribution in [2.24, 2.45) is 0 Å². The molecule has 5 nitrogen and oxygen atoms in total. The second-order valence-electron chi connectivity index (χ2n) is 5.28. The number of benzene rings is 1. The summed E-state index contributed by atoms with van der Waals surface area (Å²) in [6.07, 6.45) is 1.54. The van der Waals surface area contributed by atoms with Gasteiger partial charge in [-0.05, 0) is 30.7 Å². The van der Waals surface area contributed by atoms with Crippen molar-refractivity contribution in [2.75, 3.05) is 23.3 Å². The average molecular weight is 275 g/mol. The normalized spacial score (nSPS) is 14.9. The van der Waals surface area contributed by atoms with E-state index in [0.29, 0.717) is 13.0 Å². The van der Waals surface area contributed by atoms with Crippen molar-refractivity contribution >= 4 is 23.2 Å². The molecule has 0 atom stereocenters. The molecule has 0 saturated carbocycles. The molecular weight excluding hydrogens is 254 g/mol. The number of rotatable bonds is 5. The smallest absolute Gasteiger partial charge is 0.238 e. The Balaban J connectivity index is 1.91. The molecule has 1 aromatic rings. The van der Waals surface area contributed by atoms with E-state index in [0.717, 1.165) is 24.3 Å². The lowest BCUT2D eigenvalue weighted by Crippen LogP contribution is -2.32. The Labute approximate surface area is 119 Å². The van der Waals surface area contributed by atoms with Crippen molar-refractivity contribution in [2.45, 2.75) is 32.7 Å². The molecule has 2 rings (SSSR count). The summed E-state index contributed by atoms with van der Waals surface area (Å²) in [6.45, 7) is 5.07. The first kappa shape index (κ1) is 14.5. The number of amides is 2. The van der Waals surface area contributed by atoms with Gasteiger partial charge in [-0.15, -0.1) is 0 Å². The van der Waals surface area contributed by atoms with Crippen LogP contribution in [0, 0.1) is 0 Å². The van der Waals surface area contributed by atoms with Crippen LogP contribution < -0.4 is 15.5 Å². The monoisotopic (exact) mass is 275 g/mol. The van der Waals surface area contributed by atoms with Crippen molar-refractivity contribution in [3.63, 3.8) is 0 Å². The first-order chi connectivity index (χ1) is 9.56. The molecule has 108 valence electrons. The van der Waals surface area contributed by atoms with Gasteiger partial charge in [0.15, 0.2) is 0 Å². The predicted octanol–water partition coefficient (Wildman–Crippen LogP) is 1.75. The fraction of sp³-hybridized carbons (Fsp3) is 0.467. The number of carbonyl (C=O) groups excluding carboxylic acids is 2. The van der Waals surface area contributed by atoms with Crippen LogP contribution in [0.1, 0.15) is 26.7 Å². The maximum Gasteiger partial charge on any atom is 0.238 e. The maximum atomic E-state index is 11.7. The van der Waals surface area contributed by atoms with Crippen LogP contribution >= 0.6 is 0 Å². The minimum absolute atomic E-state index is 0.0660. The molecule has 5 heteroatoms. The Kier molecular flexibility index (Phi) is 4.74. The molecule has 1 saturated heterocycles. The zero-order chi connectivity index (χ0) is 14.5. The Morgan fingerprint density at radius 3 is 2.55 bits per heavy atom. The minimum Gasteiger partial charge on any atom is -0.325 e. The third kappa shape index (κ3) is 3.81. The van der Waals surface area contributed by atoms with Crippen molar-refractivity contribution in [1.29, 1.82) is 0 Å². The summed E-state index contributed by atoms with van der Waals surface area (Å²) in [7, 11) is 0.